The van der Waals surface area contributed by atoms with Crippen molar-refractivity contribution in [2.75, 3.05) is 0 Å². The summed E-state index contributed by atoms with van der Waals surface area (Å²) >= 11 is 0. The van der Waals surface area contributed by atoms with Crippen molar-refractivity contribution in [1.82, 2.24) is 5.32 Å². The van der Waals surface area contributed by atoms with Gasteiger partial charge in [0.25, 0.3) is 0 Å². The van der Waals surface area contributed by atoms with Crippen molar-refractivity contribution < 1.29 is 0 Å². The third-order valence-corrected chi connectivity index (χ3v) is 10.2. The summed E-state index contributed by atoms with van der Waals surface area (Å²) in [7, 11) is 0. The molecule has 5 aromatic carbocycles. The quantitative estimate of drug-likeness (QED) is 0.149. The van der Waals surface area contributed by atoms with Crippen LogP contribution in [0.5, 0.6) is 0 Å². The molecule has 0 amide bonds. The molecule has 5 aromatic rings. The van der Waals surface area contributed by atoms with Gasteiger partial charge in [0.2, 0.25) is 0 Å². The topological polar surface area (TPSA) is 61.8 Å². The van der Waals surface area contributed by atoms with Crippen LogP contribution in [0.3, 0.4) is 0 Å². The summed E-state index contributed by atoms with van der Waals surface area (Å²) in [5.41, 5.74) is 21.4. The Hall–Kier alpha value is -6.11. The van der Waals surface area contributed by atoms with Crippen LogP contribution in [-0.2, 0) is 5.41 Å². The molecule has 8 rings (SSSR count). The van der Waals surface area contributed by atoms with Crippen LogP contribution in [0.1, 0.15) is 52.8 Å². The lowest BCUT2D eigenvalue weighted by molar-refractivity contribution is 0.789. The average Bonchev–Trinajstić information content (AvgIpc) is 3.61. The molecule has 2 aliphatic carbocycles. The van der Waals surface area contributed by atoms with Crippen molar-refractivity contribution in [3.8, 4) is 28.3 Å². The Labute approximate surface area is 282 Å². The minimum Gasteiger partial charge on any atom is -0.404 e. The third-order valence-electron chi connectivity index (χ3n) is 10.2. The lowest BCUT2D eigenvalue weighted by Gasteiger charge is -2.32. The molecule has 230 valence electrons. The first-order chi connectivity index (χ1) is 23.6. The van der Waals surface area contributed by atoms with E-state index in [9.17, 15) is 5.26 Å². The van der Waals surface area contributed by atoms with Crippen molar-refractivity contribution in [3.05, 3.63) is 184 Å². The zero-order valence-corrected chi connectivity index (χ0v) is 27.1. The van der Waals surface area contributed by atoms with Crippen LogP contribution in [0.15, 0.2) is 145 Å². The maximum atomic E-state index is 9.51. The summed E-state index contributed by atoms with van der Waals surface area (Å²) in [5, 5.41) is 15.7. The van der Waals surface area contributed by atoms with Gasteiger partial charge in [0.15, 0.2) is 0 Å². The molecule has 1 heterocycles. The minimum absolute atomic E-state index is 0.0878. The minimum atomic E-state index is -0.503. The summed E-state index contributed by atoms with van der Waals surface area (Å²) in [6.07, 6.45) is 15.9. The van der Waals surface area contributed by atoms with Crippen LogP contribution >= 0.6 is 0 Å². The zero-order chi connectivity index (χ0) is 33.0. The number of hydrogen-bond acceptors (Lipinski definition) is 3. The number of allylic oxidation sites excluding steroid dienone is 5. The van der Waals surface area contributed by atoms with E-state index in [4.69, 9.17) is 5.73 Å². The van der Waals surface area contributed by atoms with E-state index < -0.39 is 5.41 Å². The SMILES string of the molecule is C=Cc1c(/C=C\C)ccc2c1-c1c(cc(C3=CC=CC(/C(C)=C/C(C#N)=C\N)N3)c3ccccc13)C21c2ccccc2-c2ccccc21. The number of fused-ring (bicyclic) bond motifs is 12. The first-order valence-corrected chi connectivity index (χ1v) is 16.4. The van der Waals surface area contributed by atoms with E-state index in [0.29, 0.717) is 5.57 Å². The van der Waals surface area contributed by atoms with E-state index in [1.807, 2.05) is 19.1 Å². The number of nitriles is 1. The molecule has 0 saturated carbocycles. The number of dihydropyridines is 1. The van der Waals surface area contributed by atoms with Crippen molar-refractivity contribution in [3.63, 3.8) is 0 Å². The van der Waals surface area contributed by atoms with Crippen LogP contribution in [0.25, 0.3) is 50.9 Å². The van der Waals surface area contributed by atoms with Gasteiger partial charge in [0.1, 0.15) is 6.07 Å². The van der Waals surface area contributed by atoms with Crippen molar-refractivity contribution in [2.24, 2.45) is 5.73 Å². The molecule has 1 unspecified atom stereocenters. The maximum absolute atomic E-state index is 9.51. The van der Waals surface area contributed by atoms with E-state index in [1.165, 1.54) is 61.5 Å². The second-order valence-corrected chi connectivity index (χ2v) is 12.6. The van der Waals surface area contributed by atoms with Crippen LogP contribution in [0, 0.1) is 11.3 Å². The fraction of sp³-hybridized carbons (Fsp3) is 0.0889. The van der Waals surface area contributed by atoms with Gasteiger partial charge in [-0.3, -0.25) is 0 Å². The van der Waals surface area contributed by atoms with Crippen molar-refractivity contribution in [1.29, 1.82) is 5.26 Å². The fourth-order valence-corrected chi connectivity index (χ4v) is 8.30. The predicted molar refractivity (Wildman–Crippen MR) is 201 cm³/mol. The first kappa shape index (κ1) is 29.3. The molecule has 0 saturated heterocycles. The third kappa shape index (κ3) is 3.99. The van der Waals surface area contributed by atoms with E-state index >= 15 is 0 Å². The van der Waals surface area contributed by atoms with Gasteiger partial charge in [0, 0.05) is 17.5 Å². The highest BCUT2D eigenvalue weighted by atomic mass is 14.9. The Morgan fingerprint density at radius 2 is 1.54 bits per heavy atom. The van der Waals surface area contributed by atoms with E-state index in [0.717, 1.165) is 28.0 Å². The van der Waals surface area contributed by atoms with Gasteiger partial charge < -0.3 is 11.1 Å². The first-order valence-electron chi connectivity index (χ1n) is 16.4. The average molecular weight is 618 g/mol. The Morgan fingerprint density at radius 1 is 0.854 bits per heavy atom. The number of hydrogen-bond donors (Lipinski definition) is 2. The van der Waals surface area contributed by atoms with Crippen LogP contribution in [0.2, 0.25) is 0 Å². The molecule has 3 N–H and O–H groups in total. The fourth-order valence-electron chi connectivity index (χ4n) is 8.30. The van der Waals surface area contributed by atoms with Gasteiger partial charge >= 0.3 is 0 Å². The molecule has 3 nitrogen and oxygen atoms in total. The number of nitrogens with zero attached hydrogens (tertiary/aromatic N) is 1. The highest BCUT2D eigenvalue weighted by Crippen LogP contribution is 2.65. The number of rotatable bonds is 5. The van der Waals surface area contributed by atoms with E-state index in [1.54, 1.807) is 0 Å². The van der Waals surface area contributed by atoms with Gasteiger partial charge in [-0.05, 0) is 104 Å². The van der Waals surface area contributed by atoms with Crippen LogP contribution in [-0.4, -0.2) is 6.04 Å². The lowest BCUT2D eigenvalue weighted by atomic mass is 9.70. The molecular formula is C45H35N3. The summed E-state index contributed by atoms with van der Waals surface area (Å²) in [5.74, 6) is 0. The molecule has 3 aliphatic rings. The smallest absolute Gasteiger partial charge is 0.101 e. The van der Waals surface area contributed by atoms with Gasteiger partial charge in [-0.2, -0.15) is 5.26 Å². The Balaban J connectivity index is 1.47. The van der Waals surface area contributed by atoms with Gasteiger partial charge in [-0.15, -0.1) is 0 Å². The number of nitrogens with two attached hydrogens (primary N) is 1. The number of nitrogens with one attached hydrogen (secondary N) is 1. The van der Waals surface area contributed by atoms with Crippen LogP contribution < -0.4 is 11.1 Å². The van der Waals surface area contributed by atoms with Gasteiger partial charge in [-0.1, -0.05) is 122 Å². The Kier molecular flexibility index (Phi) is 6.90. The molecule has 1 spiro atoms. The normalized spacial score (nSPS) is 17.0. The molecule has 0 aromatic heterocycles. The zero-order valence-electron chi connectivity index (χ0n) is 27.1. The second-order valence-electron chi connectivity index (χ2n) is 12.6. The summed E-state index contributed by atoms with van der Waals surface area (Å²) < 4.78 is 0. The maximum Gasteiger partial charge on any atom is 0.101 e. The monoisotopic (exact) mass is 617 g/mol. The highest BCUT2D eigenvalue weighted by molar-refractivity contribution is 6.11. The Morgan fingerprint density at radius 3 is 2.21 bits per heavy atom. The lowest BCUT2D eigenvalue weighted by Crippen LogP contribution is -2.29. The molecule has 0 fully saturated rings. The largest absolute Gasteiger partial charge is 0.404 e. The highest BCUT2D eigenvalue weighted by Gasteiger charge is 2.52. The summed E-state index contributed by atoms with van der Waals surface area (Å²) in [6.45, 7) is 8.46. The van der Waals surface area contributed by atoms with Crippen LogP contribution in [0.4, 0.5) is 0 Å². The van der Waals surface area contributed by atoms with Gasteiger partial charge in [-0.25, -0.2) is 0 Å². The molecule has 0 bridgehead atoms. The summed E-state index contributed by atoms with van der Waals surface area (Å²) in [4.78, 5) is 0. The summed E-state index contributed by atoms with van der Waals surface area (Å²) in [6, 6.07) is 35.8. The van der Waals surface area contributed by atoms with Gasteiger partial charge in [0.05, 0.1) is 17.0 Å². The second kappa shape index (κ2) is 11.3. The molecule has 1 aliphatic heterocycles. The van der Waals surface area contributed by atoms with Crippen molar-refractivity contribution in [2.45, 2.75) is 25.3 Å². The van der Waals surface area contributed by atoms with E-state index in [-0.39, 0.29) is 6.04 Å². The Bertz CT molecular complexity index is 2340. The molecular weight excluding hydrogens is 583 g/mol. The molecule has 3 heteroatoms. The molecule has 0 radical (unpaired) electrons. The van der Waals surface area contributed by atoms with Crippen molar-refractivity contribution >= 4 is 28.6 Å². The molecule has 48 heavy (non-hydrogen) atoms. The standard InChI is InChI=1S/C45H35N3/c1-4-13-30-22-23-39-43(31(30)5-2)44-35-17-7-6-14-32(35)36(42-21-12-20-41(48-42)28(3)24-29(26-46)27-47)25-40(44)45(39)37-18-10-8-15-33(37)34-16-9-11-19-38(34)45/h4-26,41,48H,2,46H2,1,3H3/b13-4-,28-24+,29-26+. The van der Waals surface area contributed by atoms with E-state index in [2.05, 4.69) is 146 Å². The predicted octanol–water partition coefficient (Wildman–Crippen LogP) is 10.0. The molecule has 1 atom stereocenters. The number of benzene rings is 5.